The molecule has 2 nitrogen and oxygen atoms in total. The van der Waals surface area contributed by atoms with Crippen molar-refractivity contribution in [2.45, 2.75) is 6.18 Å². The molecule has 1 heterocycles. The Morgan fingerprint density at radius 1 is 1.29 bits per heavy atom. The monoisotopic (exact) mass is 296 g/mol. The summed E-state index contributed by atoms with van der Waals surface area (Å²) >= 11 is 5.71. The Labute approximate surface area is 107 Å². The normalized spacial score (nSPS) is 13.1. The van der Waals surface area contributed by atoms with Gasteiger partial charge in [-0.1, -0.05) is 17.7 Å². The highest BCUT2D eigenvalue weighted by Crippen LogP contribution is 2.31. The van der Waals surface area contributed by atoms with E-state index in [0.29, 0.717) is 4.67 Å². The molecular weight excluding hydrogens is 293 g/mol. The van der Waals surface area contributed by atoms with Crippen LogP contribution < -0.4 is 4.67 Å². The van der Waals surface area contributed by atoms with Crippen molar-refractivity contribution in [3.8, 4) is 0 Å². The van der Waals surface area contributed by atoms with Crippen molar-refractivity contribution in [2.24, 2.45) is 4.99 Å². The summed E-state index contributed by atoms with van der Waals surface area (Å²) in [7, 11) is 2.35. The fourth-order valence-corrected chi connectivity index (χ4v) is 3.09. The van der Waals surface area contributed by atoms with Gasteiger partial charge in [-0.3, -0.25) is 0 Å². The van der Waals surface area contributed by atoms with Crippen LogP contribution in [-0.2, 0) is 6.18 Å². The zero-order valence-corrected chi connectivity index (χ0v) is 10.4. The molecule has 0 atom stereocenters. The van der Waals surface area contributed by atoms with E-state index in [-0.39, 0.29) is 10.8 Å². The van der Waals surface area contributed by atoms with Gasteiger partial charge in [0.05, 0.1) is 11.3 Å². The van der Waals surface area contributed by atoms with E-state index >= 15 is 0 Å². The molecule has 0 spiro atoms. The molecule has 2 rings (SSSR count). The molecule has 8 heteroatoms. The van der Waals surface area contributed by atoms with Crippen LogP contribution in [0, 0.1) is 0 Å². The molecule has 0 aliphatic carbocycles. The Kier molecular flexibility index (Phi) is 3.50. The summed E-state index contributed by atoms with van der Waals surface area (Å²) < 4.78 is 41.6. The van der Waals surface area contributed by atoms with Crippen LogP contribution in [0.5, 0.6) is 0 Å². The van der Waals surface area contributed by atoms with Crippen molar-refractivity contribution < 1.29 is 13.2 Å². The molecule has 2 aromatic rings. The first-order chi connectivity index (χ1) is 7.97. The van der Waals surface area contributed by atoms with Gasteiger partial charge in [0.25, 0.3) is 0 Å². The van der Waals surface area contributed by atoms with Crippen LogP contribution in [0.1, 0.15) is 5.56 Å². The number of hydrogen-bond donors (Lipinski definition) is 0. The molecule has 90 valence electrons. The maximum Gasteiger partial charge on any atom is 0.416 e. The summed E-state index contributed by atoms with van der Waals surface area (Å²) in [5.41, 5.74) is -0.527. The predicted octanol–water partition coefficient (Wildman–Crippen LogP) is 4.11. The SMILES string of the molecule is FC(F)(F)c1cccc(N=c2ssnc2Cl)c1. The average molecular weight is 297 g/mol. The standard InChI is InChI=1S/C9H4ClF3N2S2/c10-7-8(16-17-15-7)14-6-3-1-2-5(4-6)9(11,12)13/h1-4H. The molecule has 0 fully saturated rings. The molecule has 0 saturated carbocycles. The zero-order chi connectivity index (χ0) is 12.5. The topological polar surface area (TPSA) is 25.2 Å². The molecule has 0 N–H and O–H groups in total. The van der Waals surface area contributed by atoms with Crippen molar-refractivity contribution >= 4 is 38.2 Å². The maximum atomic E-state index is 12.5. The van der Waals surface area contributed by atoms with Gasteiger partial charge in [0, 0.05) is 10.5 Å². The summed E-state index contributed by atoms with van der Waals surface area (Å²) in [5, 5.41) is 0.206. The van der Waals surface area contributed by atoms with Crippen molar-refractivity contribution in [1.82, 2.24) is 4.37 Å². The maximum absolute atomic E-state index is 12.5. The minimum absolute atomic E-state index is 0.206. The lowest BCUT2D eigenvalue weighted by Crippen LogP contribution is -2.04. The van der Waals surface area contributed by atoms with Gasteiger partial charge in [-0.15, -0.1) is 0 Å². The van der Waals surface area contributed by atoms with Gasteiger partial charge in [0.15, 0.2) is 9.82 Å². The lowest BCUT2D eigenvalue weighted by molar-refractivity contribution is -0.137. The number of aromatic nitrogens is 1. The van der Waals surface area contributed by atoms with E-state index < -0.39 is 11.7 Å². The Morgan fingerprint density at radius 2 is 2.06 bits per heavy atom. The minimum atomic E-state index is -4.37. The predicted molar refractivity (Wildman–Crippen MR) is 61.7 cm³/mol. The van der Waals surface area contributed by atoms with E-state index in [0.717, 1.165) is 22.7 Å². The van der Waals surface area contributed by atoms with E-state index in [1.807, 2.05) is 0 Å². The Morgan fingerprint density at radius 3 is 2.65 bits per heavy atom. The number of halogens is 4. The van der Waals surface area contributed by atoms with Crippen LogP contribution in [-0.4, -0.2) is 4.37 Å². The molecule has 0 radical (unpaired) electrons. The third-order valence-electron chi connectivity index (χ3n) is 1.81. The summed E-state index contributed by atoms with van der Waals surface area (Å²) in [6.07, 6.45) is -4.37. The summed E-state index contributed by atoms with van der Waals surface area (Å²) in [4.78, 5) is 4.01. The first kappa shape index (κ1) is 12.5. The number of alkyl halides is 3. The fraction of sp³-hybridized carbons (Fsp3) is 0.111. The zero-order valence-electron chi connectivity index (χ0n) is 8.03. The second kappa shape index (κ2) is 4.75. The second-order valence-electron chi connectivity index (χ2n) is 3.01. The van der Waals surface area contributed by atoms with Crippen molar-refractivity contribution in [1.29, 1.82) is 0 Å². The highest BCUT2D eigenvalue weighted by atomic mass is 35.5. The Bertz CT molecular complexity index is 588. The van der Waals surface area contributed by atoms with Gasteiger partial charge in [-0.25, -0.2) is 4.99 Å². The van der Waals surface area contributed by atoms with Crippen LogP contribution in [0.3, 0.4) is 0 Å². The molecule has 17 heavy (non-hydrogen) atoms. The van der Waals surface area contributed by atoms with E-state index in [2.05, 4.69) is 9.37 Å². The van der Waals surface area contributed by atoms with Crippen molar-refractivity contribution in [3.63, 3.8) is 0 Å². The molecule has 0 saturated heterocycles. The summed E-state index contributed by atoms with van der Waals surface area (Å²) in [6, 6.07) is 4.76. The van der Waals surface area contributed by atoms with Gasteiger partial charge in [-0.05, 0) is 28.5 Å². The van der Waals surface area contributed by atoms with Crippen molar-refractivity contribution in [3.05, 3.63) is 39.7 Å². The highest BCUT2D eigenvalue weighted by molar-refractivity contribution is 7.66. The lowest BCUT2D eigenvalue weighted by Gasteiger charge is -2.05. The summed E-state index contributed by atoms with van der Waals surface area (Å²) in [6.45, 7) is 0. The van der Waals surface area contributed by atoms with Gasteiger partial charge in [-0.2, -0.15) is 17.5 Å². The average Bonchev–Trinajstić information content (AvgIpc) is 2.64. The third-order valence-corrected chi connectivity index (χ3v) is 3.98. The quantitative estimate of drug-likeness (QED) is 0.727. The number of rotatable bonds is 1. The first-order valence-electron chi connectivity index (χ1n) is 4.30. The third kappa shape index (κ3) is 3.05. The molecule has 0 aliphatic heterocycles. The lowest BCUT2D eigenvalue weighted by atomic mass is 10.2. The number of nitrogens with zero attached hydrogens (tertiary/aromatic N) is 2. The first-order valence-corrected chi connectivity index (χ1v) is 6.79. The van der Waals surface area contributed by atoms with E-state index in [1.54, 1.807) is 0 Å². The molecule has 1 aromatic heterocycles. The molecule has 0 amide bonds. The second-order valence-corrected chi connectivity index (χ2v) is 5.20. The number of benzene rings is 1. The molecular formula is C9H4ClF3N2S2. The van der Waals surface area contributed by atoms with Crippen LogP contribution in [0.2, 0.25) is 5.15 Å². The van der Waals surface area contributed by atoms with Gasteiger partial charge < -0.3 is 0 Å². The van der Waals surface area contributed by atoms with E-state index in [4.69, 9.17) is 11.6 Å². The van der Waals surface area contributed by atoms with E-state index in [9.17, 15) is 13.2 Å². The summed E-state index contributed by atoms with van der Waals surface area (Å²) in [5.74, 6) is 0. The molecule has 0 bridgehead atoms. The van der Waals surface area contributed by atoms with Gasteiger partial charge >= 0.3 is 6.18 Å². The molecule has 1 aromatic carbocycles. The largest absolute Gasteiger partial charge is 0.416 e. The molecule has 0 aliphatic rings. The van der Waals surface area contributed by atoms with Gasteiger partial charge in [0.2, 0.25) is 0 Å². The Balaban J connectivity index is 2.46. The van der Waals surface area contributed by atoms with Crippen LogP contribution >= 0.6 is 32.5 Å². The van der Waals surface area contributed by atoms with Crippen LogP contribution in [0.15, 0.2) is 29.3 Å². The molecule has 0 unspecified atom stereocenters. The highest BCUT2D eigenvalue weighted by Gasteiger charge is 2.30. The minimum Gasteiger partial charge on any atom is -0.234 e. The number of hydrogen-bond acceptors (Lipinski definition) is 4. The van der Waals surface area contributed by atoms with Crippen LogP contribution in [0.25, 0.3) is 0 Å². The van der Waals surface area contributed by atoms with Crippen molar-refractivity contribution in [2.75, 3.05) is 0 Å². The fourth-order valence-electron chi connectivity index (χ4n) is 1.09. The van der Waals surface area contributed by atoms with E-state index in [1.165, 1.54) is 22.5 Å². The van der Waals surface area contributed by atoms with Gasteiger partial charge in [0.1, 0.15) is 0 Å². The van der Waals surface area contributed by atoms with Crippen LogP contribution in [0.4, 0.5) is 18.9 Å². The Hall–Kier alpha value is -0.920. The smallest absolute Gasteiger partial charge is 0.234 e.